The van der Waals surface area contributed by atoms with E-state index in [4.69, 9.17) is 14.7 Å². The van der Waals surface area contributed by atoms with Crippen LogP contribution in [0.5, 0.6) is 11.5 Å². The summed E-state index contributed by atoms with van der Waals surface area (Å²) in [4.78, 5) is 4.13. The Morgan fingerprint density at radius 1 is 1.26 bits per heavy atom. The Kier molecular flexibility index (Phi) is 3.62. The summed E-state index contributed by atoms with van der Waals surface area (Å²) in [5.74, 6) is -0.153. The number of hydrogen-bond donors (Lipinski definition) is 0. The van der Waals surface area contributed by atoms with Crippen molar-refractivity contribution >= 4 is 0 Å². The van der Waals surface area contributed by atoms with Crippen LogP contribution in [0.2, 0.25) is 0 Å². The largest absolute Gasteiger partial charge is 0.493 e. The molecular weight excluding hydrogens is 247 g/mol. The number of halogens is 1. The fourth-order valence-corrected chi connectivity index (χ4v) is 1.83. The summed E-state index contributed by atoms with van der Waals surface area (Å²) in [7, 11) is 2.84. The Morgan fingerprint density at radius 3 is 2.58 bits per heavy atom. The van der Waals surface area contributed by atoms with Crippen molar-refractivity contribution in [2.75, 3.05) is 14.2 Å². The van der Waals surface area contributed by atoms with E-state index in [-0.39, 0.29) is 11.3 Å². The SMILES string of the molecule is COc1cc(F)c(C#N)c(-c2ccccn2)c1OC. The molecule has 19 heavy (non-hydrogen) atoms. The Labute approximate surface area is 110 Å². The van der Waals surface area contributed by atoms with Crippen LogP contribution in [0.1, 0.15) is 5.56 Å². The van der Waals surface area contributed by atoms with Crippen LogP contribution in [0.15, 0.2) is 30.5 Å². The molecule has 1 aromatic carbocycles. The zero-order valence-corrected chi connectivity index (χ0v) is 10.5. The molecule has 0 bridgehead atoms. The number of pyridine rings is 1. The Hall–Kier alpha value is -2.61. The van der Waals surface area contributed by atoms with Crippen LogP contribution < -0.4 is 9.47 Å². The number of nitriles is 1. The first kappa shape index (κ1) is 12.8. The second-order valence-electron chi connectivity index (χ2n) is 3.67. The van der Waals surface area contributed by atoms with Gasteiger partial charge in [0.05, 0.1) is 25.5 Å². The molecule has 0 amide bonds. The Bertz CT molecular complexity index is 636. The smallest absolute Gasteiger partial charge is 0.171 e. The molecular formula is C14H11FN2O2. The van der Waals surface area contributed by atoms with Gasteiger partial charge in [0, 0.05) is 12.3 Å². The minimum atomic E-state index is -0.666. The van der Waals surface area contributed by atoms with E-state index in [1.54, 1.807) is 24.4 Å². The number of methoxy groups -OCH3 is 2. The first-order valence-corrected chi connectivity index (χ1v) is 5.49. The van der Waals surface area contributed by atoms with Crippen molar-refractivity contribution in [3.8, 4) is 28.8 Å². The molecule has 1 heterocycles. The zero-order valence-electron chi connectivity index (χ0n) is 10.5. The molecule has 2 rings (SSSR count). The van der Waals surface area contributed by atoms with Gasteiger partial charge in [-0.25, -0.2) is 4.39 Å². The van der Waals surface area contributed by atoms with Gasteiger partial charge in [-0.1, -0.05) is 6.07 Å². The van der Waals surface area contributed by atoms with E-state index < -0.39 is 5.82 Å². The molecule has 0 aliphatic heterocycles. The van der Waals surface area contributed by atoms with E-state index in [0.717, 1.165) is 6.07 Å². The molecule has 0 aliphatic rings. The van der Waals surface area contributed by atoms with Crippen LogP contribution in [-0.4, -0.2) is 19.2 Å². The van der Waals surface area contributed by atoms with Gasteiger partial charge in [-0.3, -0.25) is 4.98 Å². The highest BCUT2D eigenvalue weighted by Gasteiger charge is 2.21. The van der Waals surface area contributed by atoms with Crippen LogP contribution in [0.4, 0.5) is 4.39 Å². The summed E-state index contributed by atoms with van der Waals surface area (Å²) in [5, 5.41) is 9.13. The van der Waals surface area contributed by atoms with Gasteiger partial charge in [-0.05, 0) is 12.1 Å². The van der Waals surface area contributed by atoms with E-state index in [1.165, 1.54) is 14.2 Å². The standard InChI is InChI=1S/C14H11FN2O2/c1-18-12-7-10(15)9(8-16)13(14(12)19-2)11-5-3-4-6-17-11/h3-7H,1-2H3. The lowest BCUT2D eigenvalue weighted by atomic mass is 10.0. The van der Waals surface area contributed by atoms with Gasteiger partial charge in [0.1, 0.15) is 17.4 Å². The number of ether oxygens (including phenoxy) is 2. The fourth-order valence-electron chi connectivity index (χ4n) is 1.83. The monoisotopic (exact) mass is 258 g/mol. The van der Waals surface area contributed by atoms with Crippen LogP contribution in [0, 0.1) is 17.1 Å². The highest BCUT2D eigenvalue weighted by Crippen LogP contribution is 2.40. The highest BCUT2D eigenvalue weighted by molar-refractivity contribution is 5.77. The van der Waals surface area contributed by atoms with E-state index in [1.807, 2.05) is 6.07 Å². The van der Waals surface area contributed by atoms with Gasteiger partial charge in [0.15, 0.2) is 11.5 Å². The van der Waals surface area contributed by atoms with Gasteiger partial charge in [0.25, 0.3) is 0 Å². The topological polar surface area (TPSA) is 55.1 Å². The quantitative estimate of drug-likeness (QED) is 0.849. The molecule has 0 saturated heterocycles. The van der Waals surface area contributed by atoms with Crippen molar-refractivity contribution in [1.29, 1.82) is 5.26 Å². The van der Waals surface area contributed by atoms with Gasteiger partial charge < -0.3 is 9.47 Å². The van der Waals surface area contributed by atoms with Crippen molar-refractivity contribution in [2.45, 2.75) is 0 Å². The number of hydrogen-bond acceptors (Lipinski definition) is 4. The minimum Gasteiger partial charge on any atom is -0.493 e. The van der Waals surface area contributed by atoms with Gasteiger partial charge in [0.2, 0.25) is 0 Å². The van der Waals surface area contributed by atoms with Gasteiger partial charge in [-0.15, -0.1) is 0 Å². The molecule has 96 valence electrons. The molecule has 1 aromatic heterocycles. The van der Waals surface area contributed by atoms with Crippen LogP contribution in [-0.2, 0) is 0 Å². The molecule has 5 heteroatoms. The summed E-state index contributed by atoms with van der Waals surface area (Å²) in [5.41, 5.74) is 0.632. The highest BCUT2D eigenvalue weighted by atomic mass is 19.1. The summed E-state index contributed by atoms with van der Waals surface area (Å²) in [6.45, 7) is 0. The predicted molar refractivity (Wildman–Crippen MR) is 67.5 cm³/mol. The lowest BCUT2D eigenvalue weighted by Gasteiger charge is -2.14. The number of benzene rings is 1. The van der Waals surface area contributed by atoms with E-state index in [9.17, 15) is 4.39 Å². The van der Waals surface area contributed by atoms with Crippen molar-refractivity contribution in [3.05, 3.63) is 41.8 Å². The van der Waals surface area contributed by atoms with Crippen LogP contribution in [0.25, 0.3) is 11.3 Å². The molecule has 0 N–H and O–H groups in total. The molecule has 0 radical (unpaired) electrons. The predicted octanol–water partition coefficient (Wildman–Crippen LogP) is 2.78. The number of rotatable bonds is 3. The van der Waals surface area contributed by atoms with E-state index >= 15 is 0 Å². The summed E-state index contributed by atoms with van der Waals surface area (Å²) < 4.78 is 24.2. The van der Waals surface area contributed by atoms with Crippen molar-refractivity contribution < 1.29 is 13.9 Å². The maximum atomic E-state index is 13.9. The second kappa shape index (κ2) is 5.36. The van der Waals surface area contributed by atoms with Crippen LogP contribution in [0.3, 0.4) is 0 Å². The van der Waals surface area contributed by atoms with Gasteiger partial charge >= 0.3 is 0 Å². The summed E-state index contributed by atoms with van der Waals surface area (Å²) >= 11 is 0. The maximum Gasteiger partial charge on any atom is 0.171 e. The molecule has 0 spiro atoms. The number of aromatic nitrogens is 1. The van der Waals surface area contributed by atoms with Gasteiger partial charge in [-0.2, -0.15) is 5.26 Å². The molecule has 0 unspecified atom stereocenters. The third kappa shape index (κ3) is 2.20. The maximum absolute atomic E-state index is 13.9. The van der Waals surface area contributed by atoms with Crippen LogP contribution >= 0.6 is 0 Å². The van der Waals surface area contributed by atoms with Crippen molar-refractivity contribution in [3.63, 3.8) is 0 Å². The zero-order chi connectivity index (χ0) is 13.8. The number of nitrogens with zero attached hydrogens (tertiary/aromatic N) is 2. The molecule has 0 fully saturated rings. The Morgan fingerprint density at radius 2 is 2.05 bits per heavy atom. The lowest BCUT2D eigenvalue weighted by molar-refractivity contribution is 0.353. The molecule has 0 atom stereocenters. The van der Waals surface area contributed by atoms with E-state index in [2.05, 4.69) is 4.98 Å². The fraction of sp³-hybridized carbons (Fsp3) is 0.143. The average molecular weight is 258 g/mol. The summed E-state index contributed by atoms with van der Waals surface area (Å²) in [6, 6.07) is 8.13. The second-order valence-corrected chi connectivity index (χ2v) is 3.67. The molecule has 0 saturated carbocycles. The minimum absolute atomic E-state index is 0.114. The van der Waals surface area contributed by atoms with Crippen molar-refractivity contribution in [1.82, 2.24) is 4.98 Å². The third-order valence-corrected chi connectivity index (χ3v) is 2.65. The first-order chi connectivity index (χ1) is 9.22. The lowest BCUT2D eigenvalue weighted by Crippen LogP contribution is -2.00. The Balaban J connectivity index is 2.83. The molecule has 2 aromatic rings. The van der Waals surface area contributed by atoms with E-state index in [0.29, 0.717) is 17.0 Å². The average Bonchev–Trinajstić information content (AvgIpc) is 2.46. The molecule has 0 aliphatic carbocycles. The molecule has 4 nitrogen and oxygen atoms in total. The summed E-state index contributed by atoms with van der Waals surface area (Å²) in [6.07, 6.45) is 1.56. The van der Waals surface area contributed by atoms with Crippen molar-refractivity contribution in [2.24, 2.45) is 0 Å². The first-order valence-electron chi connectivity index (χ1n) is 5.49. The normalized spacial score (nSPS) is 9.79. The third-order valence-electron chi connectivity index (χ3n) is 2.65.